The van der Waals surface area contributed by atoms with Gasteiger partial charge in [0.15, 0.2) is 5.13 Å². The maximum absolute atomic E-state index is 11.9. The normalized spacial score (nSPS) is 15.3. The van der Waals surface area contributed by atoms with Crippen molar-refractivity contribution in [3.05, 3.63) is 16.5 Å². The number of nitrogens with zero attached hydrogens (tertiary/aromatic N) is 2. The highest BCUT2D eigenvalue weighted by Crippen LogP contribution is 2.28. The Balaban J connectivity index is 2.07. The van der Waals surface area contributed by atoms with Gasteiger partial charge in [0, 0.05) is 31.2 Å². The summed E-state index contributed by atoms with van der Waals surface area (Å²) in [6, 6.07) is 0. The molecular formula is C11H16ClN5OS. The fourth-order valence-corrected chi connectivity index (χ4v) is 2.75. The van der Waals surface area contributed by atoms with E-state index in [1.54, 1.807) is 0 Å². The number of nitrogen functional groups attached to an aromatic ring is 1. The van der Waals surface area contributed by atoms with Crippen LogP contribution in [0.5, 0.6) is 0 Å². The standard InChI is InChI=1S/C11H16ClN5OS/c1-7(12)6-15-10(18)8-9(13)16-11(19-8)17-4-2-14-3-5-17/h14H,1-6,13H2,(H,15,18). The largest absolute Gasteiger partial charge is 0.382 e. The highest BCUT2D eigenvalue weighted by Gasteiger charge is 2.20. The maximum atomic E-state index is 11.9. The smallest absolute Gasteiger partial charge is 0.265 e. The van der Waals surface area contributed by atoms with E-state index in [0.717, 1.165) is 31.3 Å². The minimum absolute atomic E-state index is 0.223. The molecule has 0 bridgehead atoms. The molecule has 1 aliphatic heterocycles. The first-order chi connectivity index (χ1) is 9.08. The van der Waals surface area contributed by atoms with Crippen LogP contribution in [-0.4, -0.2) is 43.6 Å². The molecule has 2 heterocycles. The Morgan fingerprint density at radius 1 is 1.58 bits per heavy atom. The van der Waals surface area contributed by atoms with Crippen molar-refractivity contribution in [2.75, 3.05) is 43.4 Å². The van der Waals surface area contributed by atoms with Gasteiger partial charge in [-0.2, -0.15) is 0 Å². The van der Waals surface area contributed by atoms with E-state index in [-0.39, 0.29) is 18.3 Å². The number of nitrogens with two attached hydrogens (primary N) is 1. The summed E-state index contributed by atoms with van der Waals surface area (Å²) in [5.74, 6) is -0.00518. The highest BCUT2D eigenvalue weighted by molar-refractivity contribution is 7.18. The number of hydrogen-bond acceptors (Lipinski definition) is 6. The average molecular weight is 302 g/mol. The number of halogens is 1. The fourth-order valence-electron chi connectivity index (χ4n) is 1.73. The zero-order valence-corrected chi connectivity index (χ0v) is 12.0. The summed E-state index contributed by atoms with van der Waals surface area (Å²) in [6.45, 7) is 7.29. The van der Waals surface area contributed by atoms with Crippen molar-refractivity contribution < 1.29 is 4.79 Å². The highest BCUT2D eigenvalue weighted by atomic mass is 35.5. The first-order valence-electron chi connectivity index (χ1n) is 5.91. The van der Waals surface area contributed by atoms with Crippen LogP contribution in [0.3, 0.4) is 0 Å². The number of hydrogen-bond donors (Lipinski definition) is 3. The molecule has 0 aromatic carbocycles. The zero-order valence-electron chi connectivity index (χ0n) is 10.4. The van der Waals surface area contributed by atoms with Gasteiger partial charge >= 0.3 is 0 Å². The summed E-state index contributed by atoms with van der Waals surface area (Å²) < 4.78 is 0. The van der Waals surface area contributed by atoms with Crippen molar-refractivity contribution in [1.82, 2.24) is 15.6 Å². The Hall–Kier alpha value is -1.31. The molecule has 0 radical (unpaired) electrons. The van der Waals surface area contributed by atoms with E-state index in [0.29, 0.717) is 9.91 Å². The summed E-state index contributed by atoms with van der Waals surface area (Å²) in [5, 5.41) is 7.07. The first kappa shape index (κ1) is 14.1. The van der Waals surface area contributed by atoms with Crippen LogP contribution < -0.4 is 21.3 Å². The van der Waals surface area contributed by atoms with Crippen LogP contribution in [0.1, 0.15) is 9.67 Å². The molecule has 0 aliphatic carbocycles. The van der Waals surface area contributed by atoms with E-state index < -0.39 is 0 Å². The number of anilines is 2. The molecule has 1 fully saturated rings. The van der Waals surface area contributed by atoms with Gasteiger partial charge in [0.2, 0.25) is 0 Å². The molecule has 0 saturated carbocycles. The Morgan fingerprint density at radius 2 is 2.26 bits per heavy atom. The number of amides is 1. The van der Waals surface area contributed by atoms with Gasteiger partial charge in [0.25, 0.3) is 5.91 Å². The van der Waals surface area contributed by atoms with Gasteiger partial charge in [0.1, 0.15) is 10.7 Å². The van der Waals surface area contributed by atoms with Crippen LogP contribution in [0.15, 0.2) is 11.6 Å². The number of thiazole rings is 1. The van der Waals surface area contributed by atoms with Crippen LogP contribution >= 0.6 is 22.9 Å². The van der Waals surface area contributed by atoms with Gasteiger partial charge in [-0.25, -0.2) is 4.98 Å². The average Bonchev–Trinajstić information content (AvgIpc) is 2.79. The molecule has 19 heavy (non-hydrogen) atoms. The second-order valence-electron chi connectivity index (χ2n) is 4.15. The van der Waals surface area contributed by atoms with E-state index in [4.69, 9.17) is 17.3 Å². The maximum Gasteiger partial charge on any atom is 0.265 e. The molecular weight excluding hydrogens is 286 g/mol. The van der Waals surface area contributed by atoms with Gasteiger partial charge in [-0.3, -0.25) is 4.79 Å². The van der Waals surface area contributed by atoms with Crippen LogP contribution in [0, 0.1) is 0 Å². The van der Waals surface area contributed by atoms with Crippen molar-refractivity contribution in [3.8, 4) is 0 Å². The number of aromatic nitrogens is 1. The molecule has 0 atom stereocenters. The minimum Gasteiger partial charge on any atom is -0.382 e. The van der Waals surface area contributed by atoms with Crippen molar-refractivity contribution >= 4 is 39.8 Å². The molecule has 1 aliphatic rings. The van der Waals surface area contributed by atoms with E-state index in [1.807, 2.05) is 0 Å². The van der Waals surface area contributed by atoms with Crippen molar-refractivity contribution in [2.24, 2.45) is 0 Å². The summed E-state index contributed by atoms with van der Waals surface area (Å²) in [7, 11) is 0. The van der Waals surface area contributed by atoms with E-state index in [9.17, 15) is 4.79 Å². The van der Waals surface area contributed by atoms with Gasteiger partial charge in [0.05, 0.1) is 6.54 Å². The topological polar surface area (TPSA) is 83.3 Å². The number of carbonyl (C=O) groups excluding carboxylic acids is 1. The van der Waals surface area contributed by atoms with Crippen molar-refractivity contribution in [1.29, 1.82) is 0 Å². The van der Waals surface area contributed by atoms with E-state index in [1.165, 1.54) is 11.3 Å². The molecule has 1 saturated heterocycles. The third-order valence-electron chi connectivity index (χ3n) is 2.68. The number of piperazine rings is 1. The van der Waals surface area contributed by atoms with Gasteiger partial charge in [-0.1, -0.05) is 29.5 Å². The number of carbonyl (C=O) groups is 1. The summed E-state index contributed by atoms with van der Waals surface area (Å²) in [4.78, 5) is 18.7. The Kier molecular flexibility index (Phi) is 4.62. The lowest BCUT2D eigenvalue weighted by Gasteiger charge is -2.26. The molecule has 1 aromatic rings. The summed E-state index contributed by atoms with van der Waals surface area (Å²) in [5.41, 5.74) is 5.80. The third-order valence-corrected chi connectivity index (χ3v) is 3.94. The predicted octanol–water partition coefficient (Wildman–Crippen LogP) is 0.617. The molecule has 104 valence electrons. The molecule has 6 nitrogen and oxygen atoms in total. The SMILES string of the molecule is C=C(Cl)CNC(=O)c1sc(N2CCNCC2)nc1N. The first-order valence-corrected chi connectivity index (χ1v) is 7.11. The zero-order chi connectivity index (χ0) is 13.8. The third kappa shape index (κ3) is 3.59. The lowest BCUT2D eigenvalue weighted by molar-refractivity contribution is 0.0962. The Labute approximate surface area is 120 Å². The lowest BCUT2D eigenvalue weighted by Crippen LogP contribution is -2.43. The number of rotatable bonds is 4. The van der Waals surface area contributed by atoms with Gasteiger partial charge in [-0.15, -0.1) is 0 Å². The van der Waals surface area contributed by atoms with Crippen LogP contribution in [-0.2, 0) is 0 Å². The Morgan fingerprint density at radius 3 is 2.89 bits per heavy atom. The minimum atomic E-state index is -0.266. The van der Waals surface area contributed by atoms with Crippen molar-refractivity contribution in [2.45, 2.75) is 0 Å². The molecule has 1 aromatic heterocycles. The van der Waals surface area contributed by atoms with E-state index >= 15 is 0 Å². The van der Waals surface area contributed by atoms with Crippen LogP contribution in [0.25, 0.3) is 0 Å². The van der Waals surface area contributed by atoms with Crippen LogP contribution in [0.2, 0.25) is 0 Å². The molecule has 8 heteroatoms. The summed E-state index contributed by atoms with van der Waals surface area (Å²) in [6.07, 6.45) is 0. The predicted molar refractivity (Wildman–Crippen MR) is 78.9 cm³/mol. The quantitative estimate of drug-likeness (QED) is 0.759. The fraction of sp³-hybridized carbons (Fsp3) is 0.455. The summed E-state index contributed by atoms with van der Waals surface area (Å²) >= 11 is 6.91. The Bertz CT molecular complexity index is 483. The molecule has 0 unspecified atom stereocenters. The van der Waals surface area contributed by atoms with Crippen molar-refractivity contribution in [3.63, 3.8) is 0 Å². The second-order valence-corrected chi connectivity index (χ2v) is 5.66. The molecule has 1 amide bonds. The monoisotopic (exact) mass is 301 g/mol. The molecule has 0 spiro atoms. The molecule has 4 N–H and O–H groups in total. The van der Waals surface area contributed by atoms with Gasteiger partial charge in [-0.05, 0) is 0 Å². The van der Waals surface area contributed by atoms with Crippen LogP contribution in [0.4, 0.5) is 10.9 Å². The second kappa shape index (κ2) is 6.23. The van der Waals surface area contributed by atoms with E-state index in [2.05, 4.69) is 27.1 Å². The molecule has 2 rings (SSSR count). The lowest BCUT2D eigenvalue weighted by atomic mass is 10.4. The van der Waals surface area contributed by atoms with Gasteiger partial charge < -0.3 is 21.3 Å². The number of nitrogens with one attached hydrogen (secondary N) is 2.